The Hall–Kier alpha value is -2.96. The first-order valence-corrected chi connectivity index (χ1v) is 8.59. The zero-order valence-electron chi connectivity index (χ0n) is 14.9. The van der Waals surface area contributed by atoms with E-state index in [1.165, 1.54) is 5.69 Å². The third-order valence-corrected chi connectivity index (χ3v) is 4.43. The molecule has 0 aliphatic heterocycles. The quantitative estimate of drug-likeness (QED) is 0.736. The van der Waals surface area contributed by atoms with Crippen molar-refractivity contribution >= 4 is 22.5 Å². The smallest absolute Gasteiger partial charge is 0.259 e. The molecule has 0 amide bonds. The fourth-order valence-corrected chi connectivity index (χ4v) is 3.00. The van der Waals surface area contributed by atoms with Gasteiger partial charge in [-0.05, 0) is 43.2 Å². The molecule has 4 N–H and O–H groups in total. The first-order valence-electron chi connectivity index (χ1n) is 8.59. The van der Waals surface area contributed by atoms with Gasteiger partial charge >= 0.3 is 0 Å². The minimum absolute atomic E-state index is 0.0195. The Bertz CT molecular complexity index is 1010. The lowest BCUT2D eigenvalue weighted by Crippen LogP contribution is -2.23. The molecule has 0 radical (unpaired) electrons. The summed E-state index contributed by atoms with van der Waals surface area (Å²) < 4.78 is 14.2. The Kier molecular flexibility index (Phi) is 4.88. The van der Waals surface area contributed by atoms with E-state index in [4.69, 9.17) is 11.5 Å². The summed E-state index contributed by atoms with van der Waals surface area (Å²) >= 11 is 0. The number of nitrogen functional groups attached to an aromatic ring is 2. The maximum Gasteiger partial charge on any atom is 0.259 e. The van der Waals surface area contributed by atoms with Crippen molar-refractivity contribution in [3.05, 3.63) is 57.9 Å². The second-order valence-electron chi connectivity index (χ2n) is 6.40. The van der Waals surface area contributed by atoms with Gasteiger partial charge in [0.05, 0.1) is 11.6 Å². The molecule has 7 heteroatoms. The van der Waals surface area contributed by atoms with Crippen LogP contribution in [0.1, 0.15) is 37.1 Å². The van der Waals surface area contributed by atoms with Crippen molar-refractivity contribution < 1.29 is 4.39 Å². The lowest BCUT2D eigenvalue weighted by atomic mass is 10.1. The lowest BCUT2D eigenvalue weighted by molar-refractivity contribution is 0.620. The van der Waals surface area contributed by atoms with E-state index in [1.54, 1.807) is 0 Å². The number of anilines is 2. The predicted octanol–water partition coefficient (Wildman–Crippen LogP) is 2.99. The van der Waals surface area contributed by atoms with Gasteiger partial charge in [0.25, 0.3) is 5.56 Å². The number of nitrogens with zero attached hydrogens (tertiary/aromatic N) is 3. The van der Waals surface area contributed by atoms with Crippen LogP contribution in [0, 0.1) is 12.7 Å². The summed E-state index contributed by atoms with van der Waals surface area (Å²) in [6.07, 6.45) is 4.17. The van der Waals surface area contributed by atoms with Crippen LogP contribution >= 0.6 is 0 Å². The summed E-state index contributed by atoms with van der Waals surface area (Å²) in [5.41, 5.74) is 12.5. The largest absolute Gasteiger partial charge is 0.381 e. The molecule has 1 saturated carbocycles. The summed E-state index contributed by atoms with van der Waals surface area (Å²) in [7, 11) is 0. The van der Waals surface area contributed by atoms with Crippen molar-refractivity contribution in [2.45, 2.75) is 39.2 Å². The van der Waals surface area contributed by atoms with E-state index in [9.17, 15) is 9.18 Å². The number of nitrogens with two attached hydrogens (primary N) is 2. The Balaban J connectivity index is 0.000000185. The zero-order chi connectivity index (χ0) is 18.8. The van der Waals surface area contributed by atoms with Gasteiger partial charge in [0.2, 0.25) is 5.95 Å². The third kappa shape index (κ3) is 3.51. The normalized spacial score (nSPS) is 13.3. The Labute approximate surface area is 150 Å². The van der Waals surface area contributed by atoms with E-state index in [0.717, 1.165) is 41.8 Å². The third-order valence-electron chi connectivity index (χ3n) is 4.43. The van der Waals surface area contributed by atoms with Crippen LogP contribution in [0.15, 0.2) is 35.3 Å². The first-order chi connectivity index (χ1) is 12.4. The van der Waals surface area contributed by atoms with Crippen LogP contribution < -0.4 is 17.0 Å². The lowest BCUT2D eigenvalue weighted by Gasteiger charge is -2.13. The van der Waals surface area contributed by atoms with E-state index >= 15 is 0 Å². The topological polar surface area (TPSA) is 99.8 Å². The average Bonchev–Trinajstić information content (AvgIpc) is 3.43. The highest BCUT2D eigenvalue weighted by atomic mass is 19.1. The number of hydrogen-bond donors (Lipinski definition) is 2. The first kappa shape index (κ1) is 17.8. The fourth-order valence-electron chi connectivity index (χ4n) is 3.00. The van der Waals surface area contributed by atoms with E-state index in [1.807, 2.05) is 29.7 Å². The minimum Gasteiger partial charge on any atom is -0.381 e. The standard InChI is InChI=1S/C15H17NO.C4H5FN4/c1-3-12-9-11-6-4-5-10(2)14(11)15(17)16(12)13-7-8-13;5-2-1-8-4(7)9-3(2)6/h4-6,9,13H,3,7-8H2,1-2H3;1H,(H4,6,7,8,9). The molecule has 0 saturated heterocycles. The van der Waals surface area contributed by atoms with Crippen LogP contribution in [0.2, 0.25) is 0 Å². The maximum absolute atomic E-state index is 12.6. The highest BCUT2D eigenvalue weighted by Crippen LogP contribution is 2.35. The number of fused-ring (bicyclic) bond motifs is 1. The second kappa shape index (κ2) is 7.11. The molecule has 26 heavy (non-hydrogen) atoms. The highest BCUT2D eigenvalue weighted by molar-refractivity contribution is 5.85. The van der Waals surface area contributed by atoms with Gasteiger partial charge in [-0.1, -0.05) is 25.1 Å². The average molecular weight is 355 g/mol. The molecule has 2 aromatic heterocycles. The molecule has 1 aliphatic carbocycles. The molecular weight excluding hydrogens is 333 g/mol. The summed E-state index contributed by atoms with van der Waals surface area (Å²) in [6, 6.07) is 8.73. The van der Waals surface area contributed by atoms with Crippen LogP contribution in [0.5, 0.6) is 0 Å². The monoisotopic (exact) mass is 355 g/mol. The van der Waals surface area contributed by atoms with Gasteiger partial charge < -0.3 is 16.0 Å². The number of aryl methyl sites for hydroxylation is 2. The molecule has 0 atom stereocenters. The summed E-state index contributed by atoms with van der Waals surface area (Å²) in [5, 5.41) is 1.99. The molecule has 136 valence electrons. The van der Waals surface area contributed by atoms with E-state index in [-0.39, 0.29) is 17.3 Å². The van der Waals surface area contributed by atoms with Gasteiger partial charge in [0.15, 0.2) is 11.6 Å². The summed E-state index contributed by atoms with van der Waals surface area (Å²) in [5.74, 6) is -0.888. The van der Waals surface area contributed by atoms with Gasteiger partial charge in [-0.15, -0.1) is 0 Å². The van der Waals surface area contributed by atoms with Crippen molar-refractivity contribution in [1.82, 2.24) is 14.5 Å². The van der Waals surface area contributed by atoms with Crippen molar-refractivity contribution in [1.29, 1.82) is 0 Å². The van der Waals surface area contributed by atoms with E-state index in [2.05, 4.69) is 23.0 Å². The second-order valence-corrected chi connectivity index (χ2v) is 6.40. The number of aromatic nitrogens is 3. The van der Waals surface area contributed by atoms with Crippen LogP contribution in [-0.4, -0.2) is 14.5 Å². The van der Waals surface area contributed by atoms with E-state index in [0.29, 0.717) is 6.04 Å². The van der Waals surface area contributed by atoms with Crippen molar-refractivity contribution in [2.24, 2.45) is 0 Å². The van der Waals surface area contributed by atoms with Crippen LogP contribution in [0.25, 0.3) is 10.8 Å². The fraction of sp³-hybridized carbons (Fsp3) is 0.316. The van der Waals surface area contributed by atoms with Crippen molar-refractivity contribution in [3.8, 4) is 0 Å². The van der Waals surface area contributed by atoms with Gasteiger partial charge in [0.1, 0.15) is 0 Å². The predicted molar refractivity (Wildman–Crippen MR) is 101 cm³/mol. The molecule has 3 aromatic rings. The summed E-state index contributed by atoms with van der Waals surface area (Å²) in [6.45, 7) is 4.14. The van der Waals surface area contributed by atoms with Crippen molar-refractivity contribution in [2.75, 3.05) is 11.5 Å². The van der Waals surface area contributed by atoms with Crippen LogP contribution in [0.3, 0.4) is 0 Å². The molecule has 2 heterocycles. The number of rotatable bonds is 2. The molecular formula is C19H22FN5O. The Morgan fingerprint density at radius 1 is 1.31 bits per heavy atom. The maximum atomic E-state index is 12.6. The van der Waals surface area contributed by atoms with Crippen LogP contribution in [0.4, 0.5) is 16.2 Å². The molecule has 0 spiro atoms. The zero-order valence-corrected chi connectivity index (χ0v) is 14.9. The number of hydrogen-bond acceptors (Lipinski definition) is 5. The molecule has 1 aromatic carbocycles. The Morgan fingerprint density at radius 3 is 2.62 bits per heavy atom. The summed E-state index contributed by atoms with van der Waals surface area (Å²) in [4.78, 5) is 19.3. The molecule has 1 fully saturated rings. The number of halogens is 1. The molecule has 0 bridgehead atoms. The minimum atomic E-state index is -0.649. The number of benzene rings is 1. The van der Waals surface area contributed by atoms with Gasteiger partial charge in [-0.3, -0.25) is 4.79 Å². The van der Waals surface area contributed by atoms with Gasteiger partial charge in [-0.2, -0.15) is 4.98 Å². The molecule has 4 rings (SSSR count). The molecule has 6 nitrogen and oxygen atoms in total. The SMILES string of the molecule is CCc1cc2cccc(C)c2c(=O)n1C1CC1.Nc1ncc(F)c(N)n1. The molecule has 1 aliphatic rings. The van der Waals surface area contributed by atoms with Crippen molar-refractivity contribution in [3.63, 3.8) is 0 Å². The Morgan fingerprint density at radius 2 is 2.04 bits per heavy atom. The number of pyridine rings is 1. The van der Waals surface area contributed by atoms with E-state index < -0.39 is 5.82 Å². The van der Waals surface area contributed by atoms with Gasteiger partial charge in [0, 0.05) is 11.7 Å². The van der Waals surface area contributed by atoms with Crippen LogP contribution in [-0.2, 0) is 6.42 Å². The molecule has 0 unspecified atom stereocenters. The highest BCUT2D eigenvalue weighted by Gasteiger charge is 2.27. The van der Waals surface area contributed by atoms with Gasteiger partial charge in [-0.25, -0.2) is 9.37 Å².